The van der Waals surface area contributed by atoms with Gasteiger partial charge in [-0.2, -0.15) is 0 Å². The molecule has 0 aromatic carbocycles. The van der Waals surface area contributed by atoms with Gasteiger partial charge in [0.2, 0.25) is 0 Å². The molecule has 1 rings (SSSR count). The Morgan fingerprint density at radius 1 is 1.29 bits per heavy atom. The molecule has 2 atom stereocenters. The molecular formula is C16H32N4O3Si. The first-order chi connectivity index (χ1) is 10.8. The molecule has 1 saturated heterocycles. The molecular weight excluding hydrogens is 324 g/mol. The number of nitrogens with zero attached hydrogens (tertiary/aromatic N) is 4. The summed E-state index contributed by atoms with van der Waals surface area (Å²) < 4.78 is 11.8. The normalized spacial score (nSPS) is 22.2. The molecule has 24 heavy (non-hydrogen) atoms. The Morgan fingerprint density at radius 2 is 1.88 bits per heavy atom. The minimum atomic E-state index is -1.91. The molecule has 0 N–H and O–H groups in total. The molecule has 0 aromatic heterocycles. The van der Waals surface area contributed by atoms with E-state index in [0.29, 0.717) is 19.6 Å². The van der Waals surface area contributed by atoms with Crippen molar-refractivity contribution in [2.45, 2.75) is 83.8 Å². The number of ether oxygens (including phenoxy) is 1. The Morgan fingerprint density at radius 3 is 2.33 bits per heavy atom. The van der Waals surface area contributed by atoms with Crippen LogP contribution in [0.4, 0.5) is 4.79 Å². The van der Waals surface area contributed by atoms with Gasteiger partial charge in [-0.1, -0.05) is 25.9 Å². The van der Waals surface area contributed by atoms with Crippen LogP contribution in [0.3, 0.4) is 0 Å². The molecule has 0 radical (unpaired) electrons. The van der Waals surface area contributed by atoms with Crippen molar-refractivity contribution in [3.05, 3.63) is 10.4 Å². The summed E-state index contributed by atoms with van der Waals surface area (Å²) >= 11 is 0. The van der Waals surface area contributed by atoms with Gasteiger partial charge < -0.3 is 14.1 Å². The van der Waals surface area contributed by atoms with E-state index in [0.717, 1.165) is 0 Å². The van der Waals surface area contributed by atoms with Gasteiger partial charge in [-0.05, 0) is 50.9 Å². The van der Waals surface area contributed by atoms with Gasteiger partial charge in [0, 0.05) is 11.5 Å². The Balaban J connectivity index is 2.84. The first kappa shape index (κ1) is 20.8. The SMILES string of the molecule is CC(C)(C)OC(=O)N1C[C@@H](N=[N+]=[N-])C[C@H]1CO[Si](C)(C)C(C)(C)C. The first-order valence-electron chi connectivity index (χ1n) is 8.44. The molecule has 1 heterocycles. The van der Waals surface area contributed by atoms with Crippen molar-refractivity contribution in [2.24, 2.45) is 5.11 Å². The number of likely N-dealkylation sites (tertiary alicyclic amines) is 1. The molecule has 1 aliphatic heterocycles. The topological polar surface area (TPSA) is 87.5 Å². The van der Waals surface area contributed by atoms with Gasteiger partial charge in [0.1, 0.15) is 5.60 Å². The maximum Gasteiger partial charge on any atom is 0.410 e. The van der Waals surface area contributed by atoms with Crippen molar-refractivity contribution in [3.63, 3.8) is 0 Å². The summed E-state index contributed by atoms with van der Waals surface area (Å²) in [6.45, 7) is 17.3. The second kappa shape index (κ2) is 7.33. The van der Waals surface area contributed by atoms with Crippen LogP contribution in [0.15, 0.2) is 5.11 Å². The number of carbonyl (C=O) groups excluding carboxylic acids is 1. The average Bonchev–Trinajstić information content (AvgIpc) is 2.77. The Labute approximate surface area is 146 Å². The molecule has 1 amide bonds. The third-order valence-corrected chi connectivity index (χ3v) is 9.18. The van der Waals surface area contributed by atoms with E-state index in [9.17, 15) is 4.79 Å². The summed E-state index contributed by atoms with van der Waals surface area (Å²) in [5.74, 6) is 0. The third kappa shape index (κ3) is 5.68. The molecule has 1 aliphatic rings. The lowest BCUT2D eigenvalue weighted by atomic mass is 10.2. The zero-order valence-electron chi connectivity index (χ0n) is 16.3. The number of carbonyl (C=O) groups is 1. The van der Waals surface area contributed by atoms with E-state index in [1.807, 2.05) is 20.8 Å². The number of rotatable bonds is 4. The Kier molecular flexibility index (Phi) is 6.35. The fraction of sp³-hybridized carbons (Fsp3) is 0.938. The second-order valence-electron chi connectivity index (χ2n) is 8.95. The summed E-state index contributed by atoms with van der Waals surface area (Å²) in [6, 6.07) is -0.347. The number of hydrogen-bond acceptors (Lipinski definition) is 4. The largest absolute Gasteiger partial charge is 0.444 e. The first-order valence-corrected chi connectivity index (χ1v) is 11.4. The smallest absolute Gasteiger partial charge is 0.410 e. The van der Waals surface area contributed by atoms with Crippen LogP contribution >= 0.6 is 0 Å². The highest BCUT2D eigenvalue weighted by Crippen LogP contribution is 2.37. The van der Waals surface area contributed by atoms with Crippen molar-refractivity contribution >= 4 is 14.4 Å². The summed E-state index contributed by atoms with van der Waals surface area (Å²) in [4.78, 5) is 17.0. The van der Waals surface area contributed by atoms with E-state index < -0.39 is 13.9 Å². The molecule has 8 heteroatoms. The van der Waals surface area contributed by atoms with E-state index in [1.54, 1.807) is 4.90 Å². The average molecular weight is 357 g/mol. The predicted octanol–water partition coefficient (Wildman–Crippen LogP) is 4.70. The molecule has 0 unspecified atom stereocenters. The Hall–Kier alpha value is -1.24. The standard InChI is InChI=1S/C16H32N4O3Si/c1-15(2,3)23-14(21)20-10-12(18-19-17)9-13(20)11-22-24(7,8)16(4,5)6/h12-13H,9-11H2,1-8H3/t12-,13-/m0/s1. The van der Waals surface area contributed by atoms with Crippen LogP contribution in [-0.4, -0.2) is 50.1 Å². The number of azide groups is 1. The van der Waals surface area contributed by atoms with E-state index in [4.69, 9.17) is 14.7 Å². The Bertz CT molecular complexity index is 504. The van der Waals surface area contributed by atoms with E-state index in [-0.39, 0.29) is 23.2 Å². The fourth-order valence-corrected chi connectivity index (χ4v) is 3.31. The number of amides is 1. The van der Waals surface area contributed by atoms with Gasteiger partial charge in [-0.15, -0.1) is 0 Å². The molecule has 0 aliphatic carbocycles. The lowest BCUT2D eigenvalue weighted by Crippen LogP contribution is -2.46. The van der Waals surface area contributed by atoms with Gasteiger partial charge in [0.25, 0.3) is 0 Å². The van der Waals surface area contributed by atoms with Crippen LogP contribution in [0.25, 0.3) is 10.4 Å². The lowest BCUT2D eigenvalue weighted by Gasteiger charge is -2.38. The minimum absolute atomic E-state index is 0.104. The zero-order chi connectivity index (χ0) is 18.8. The molecule has 0 saturated carbocycles. The predicted molar refractivity (Wildman–Crippen MR) is 97.4 cm³/mol. The van der Waals surface area contributed by atoms with Crippen LogP contribution in [0.1, 0.15) is 48.0 Å². The summed E-state index contributed by atoms with van der Waals surface area (Å²) in [6.07, 6.45) is 0.236. The van der Waals surface area contributed by atoms with Crippen molar-refractivity contribution in [1.29, 1.82) is 0 Å². The molecule has 0 spiro atoms. The highest BCUT2D eigenvalue weighted by atomic mass is 28.4. The van der Waals surface area contributed by atoms with Gasteiger partial charge in [0.05, 0.1) is 18.7 Å². The van der Waals surface area contributed by atoms with Gasteiger partial charge >= 0.3 is 6.09 Å². The van der Waals surface area contributed by atoms with Crippen molar-refractivity contribution < 1.29 is 14.0 Å². The van der Waals surface area contributed by atoms with Gasteiger partial charge in [0.15, 0.2) is 8.32 Å². The monoisotopic (exact) mass is 356 g/mol. The number of hydrogen-bond donors (Lipinski definition) is 0. The molecule has 138 valence electrons. The van der Waals surface area contributed by atoms with E-state index >= 15 is 0 Å². The van der Waals surface area contributed by atoms with Crippen molar-refractivity contribution in [3.8, 4) is 0 Å². The highest BCUT2D eigenvalue weighted by molar-refractivity contribution is 6.74. The fourth-order valence-electron chi connectivity index (χ4n) is 2.27. The zero-order valence-corrected chi connectivity index (χ0v) is 17.3. The van der Waals surface area contributed by atoms with Crippen molar-refractivity contribution in [1.82, 2.24) is 4.90 Å². The van der Waals surface area contributed by atoms with Gasteiger partial charge in [-0.3, -0.25) is 0 Å². The molecule has 0 bridgehead atoms. The van der Waals surface area contributed by atoms with Crippen LogP contribution in [-0.2, 0) is 9.16 Å². The van der Waals surface area contributed by atoms with E-state index in [2.05, 4.69) is 43.9 Å². The van der Waals surface area contributed by atoms with E-state index in [1.165, 1.54) is 0 Å². The molecule has 7 nitrogen and oxygen atoms in total. The third-order valence-electron chi connectivity index (χ3n) is 4.68. The molecule has 1 fully saturated rings. The summed E-state index contributed by atoms with van der Waals surface area (Å²) in [7, 11) is -1.91. The van der Waals surface area contributed by atoms with Crippen LogP contribution in [0.2, 0.25) is 18.1 Å². The quantitative estimate of drug-likeness (QED) is 0.316. The van der Waals surface area contributed by atoms with Gasteiger partial charge in [-0.25, -0.2) is 4.79 Å². The van der Waals surface area contributed by atoms with Crippen molar-refractivity contribution in [2.75, 3.05) is 13.2 Å². The summed E-state index contributed by atoms with van der Waals surface area (Å²) in [5, 5.41) is 3.89. The maximum absolute atomic E-state index is 12.5. The lowest BCUT2D eigenvalue weighted by molar-refractivity contribution is 0.0180. The second-order valence-corrected chi connectivity index (χ2v) is 13.8. The van der Waals surface area contributed by atoms with Crippen LogP contribution in [0.5, 0.6) is 0 Å². The summed E-state index contributed by atoms with van der Waals surface area (Å²) in [5.41, 5.74) is 8.13. The minimum Gasteiger partial charge on any atom is -0.444 e. The maximum atomic E-state index is 12.5. The highest BCUT2D eigenvalue weighted by Gasteiger charge is 2.41. The molecule has 0 aromatic rings. The van der Waals surface area contributed by atoms with Crippen LogP contribution in [0, 0.1) is 0 Å². The van der Waals surface area contributed by atoms with Crippen LogP contribution < -0.4 is 0 Å².